The number of halogens is 4. The summed E-state index contributed by atoms with van der Waals surface area (Å²) in [5.74, 6) is 0.398. The van der Waals surface area contributed by atoms with Crippen molar-refractivity contribution in [3.05, 3.63) is 29.8 Å². The first-order valence-corrected chi connectivity index (χ1v) is 4.50. The Morgan fingerprint density at radius 2 is 2.00 bits per heavy atom. The van der Waals surface area contributed by atoms with E-state index in [2.05, 4.69) is 0 Å². The van der Waals surface area contributed by atoms with Gasteiger partial charge in [-0.1, -0.05) is 12.1 Å². The predicted octanol–water partition coefficient (Wildman–Crippen LogP) is 3.07. The van der Waals surface area contributed by atoms with Gasteiger partial charge in [-0.25, -0.2) is 0 Å². The Labute approximate surface area is 98.0 Å². The van der Waals surface area contributed by atoms with Gasteiger partial charge in [-0.05, 0) is 24.6 Å². The summed E-state index contributed by atoms with van der Waals surface area (Å²) in [6.07, 6.45) is -4.43. The van der Waals surface area contributed by atoms with Crippen LogP contribution in [0.2, 0.25) is 0 Å². The molecule has 0 bridgehead atoms. The van der Waals surface area contributed by atoms with Crippen LogP contribution in [0.5, 0.6) is 5.75 Å². The highest BCUT2D eigenvalue weighted by Gasteiger charge is 2.37. The van der Waals surface area contributed by atoms with Gasteiger partial charge in [0.1, 0.15) is 11.8 Å². The molecule has 6 heteroatoms. The Morgan fingerprint density at radius 1 is 1.38 bits per heavy atom. The maximum Gasteiger partial charge on any atom is 0.407 e. The van der Waals surface area contributed by atoms with Gasteiger partial charge in [0.15, 0.2) is 0 Å². The molecule has 0 saturated carbocycles. The molecule has 1 unspecified atom stereocenters. The second-order valence-electron chi connectivity index (χ2n) is 3.02. The van der Waals surface area contributed by atoms with Crippen LogP contribution in [0.15, 0.2) is 24.3 Å². The van der Waals surface area contributed by atoms with Gasteiger partial charge in [-0.15, -0.1) is 12.4 Å². The molecule has 0 aliphatic carbocycles. The van der Waals surface area contributed by atoms with Gasteiger partial charge in [0, 0.05) is 0 Å². The first kappa shape index (κ1) is 15.1. The van der Waals surface area contributed by atoms with Crippen LogP contribution in [-0.4, -0.2) is 12.8 Å². The Bertz CT molecular complexity index is 330. The minimum absolute atomic E-state index is 0. The molecule has 1 rings (SSSR count). The van der Waals surface area contributed by atoms with Crippen LogP contribution < -0.4 is 10.5 Å². The second-order valence-corrected chi connectivity index (χ2v) is 3.02. The summed E-state index contributed by atoms with van der Waals surface area (Å²) < 4.78 is 41.9. The van der Waals surface area contributed by atoms with Gasteiger partial charge in [0.05, 0.1) is 6.61 Å². The number of rotatable bonds is 3. The minimum atomic E-state index is -4.43. The third-order valence-electron chi connectivity index (χ3n) is 1.88. The van der Waals surface area contributed by atoms with Crippen molar-refractivity contribution in [2.24, 2.45) is 5.73 Å². The lowest BCUT2D eigenvalue weighted by atomic mass is 10.1. The molecule has 1 aromatic rings. The highest BCUT2D eigenvalue weighted by atomic mass is 35.5. The standard InChI is InChI=1S/C10H12F3NO.ClH/c1-2-15-8-5-3-4-7(6-8)9(14)10(11,12)13;/h3-6,9H,2,14H2,1H3;1H. The molecule has 2 N–H and O–H groups in total. The van der Waals surface area contributed by atoms with Crippen molar-refractivity contribution in [3.8, 4) is 5.75 Å². The zero-order valence-electron chi connectivity index (χ0n) is 8.62. The van der Waals surface area contributed by atoms with E-state index in [0.29, 0.717) is 12.4 Å². The summed E-state index contributed by atoms with van der Waals surface area (Å²) in [7, 11) is 0. The first-order chi connectivity index (χ1) is 6.95. The fourth-order valence-corrected chi connectivity index (χ4v) is 1.15. The van der Waals surface area contributed by atoms with E-state index >= 15 is 0 Å². The number of nitrogens with two attached hydrogens (primary N) is 1. The smallest absolute Gasteiger partial charge is 0.407 e. The van der Waals surface area contributed by atoms with E-state index in [1.165, 1.54) is 18.2 Å². The third kappa shape index (κ3) is 3.90. The largest absolute Gasteiger partial charge is 0.494 e. The predicted molar refractivity (Wildman–Crippen MR) is 57.8 cm³/mol. The van der Waals surface area contributed by atoms with Gasteiger partial charge >= 0.3 is 6.18 Å². The van der Waals surface area contributed by atoms with Crippen LogP contribution >= 0.6 is 12.4 Å². The van der Waals surface area contributed by atoms with Crippen molar-refractivity contribution in [1.82, 2.24) is 0 Å². The zero-order valence-corrected chi connectivity index (χ0v) is 9.44. The SMILES string of the molecule is CCOc1cccc(C(N)C(F)(F)F)c1.Cl. The molecule has 0 radical (unpaired) electrons. The molecule has 0 spiro atoms. The lowest BCUT2D eigenvalue weighted by molar-refractivity contribution is -0.149. The lowest BCUT2D eigenvalue weighted by Gasteiger charge is -2.16. The quantitative estimate of drug-likeness (QED) is 0.901. The van der Waals surface area contributed by atoms with Gasteiger partial charge < -0.3 is 10.5 Å². The van der Waals surface area contributed by atoms with Crippen LogP contribution in [0.3, 0.4) is 0 Å². The number of ether oxygens (including phenoxy) is 1. The topological polar surface area (TPSA) is 35.2 Å². The molecule has 0 amide bonds. The Morgan fingerprint density at radius 3 is 2.50 bits per heavy atom. The molecular formula is C10H13ClF3NO. The van der Waals surface area contributed by atoms with E-state index in [-0.39, 0.29) is 18.0 Å². The van der Waals surface area contributed by atoms with E-state index in [4.69, 9.17) is 10.5 Å². The Kier molecular flexibility index (Phi) is 5.61. The summed E-state index contributed by atoms with van der Waals surface area (Å²) in [6, 6.07) is 3.77. The number of hydrogen-bond acceptors (Lipinski definition) is 2. The molecule has 1 atom stereocenters. The summed E-state index contributed by atoms with van der Waals surface area (Å²) in [4.78, 5) is 0. The maximum atomic E-state index is 12.3. The fourth-order valence-electron chi connectivity index (χ4n) is 1.15. The first-order valence-electron chi connectivity index (χ1n) is 4.50. The van der Waals surface area contributed by atoms with Gasteiger partial charge in [0.25, 0.3) is 0 Å². The summed E-state index contributed by atoms with van der Waals surface area (Å²) in [6.45, 7) is 2.17. The molecule has 0 saturated heterocycles. The van der Waals surface area contributed by atoms with Crippen molar-refractivity contribution in [3.63, 3.8) is 0 Å². The summed E-state index contributed by atoms with van der Waals surface area (Å²) in [5, 5.41) is 0. The fraction of sp³-hybridized carbons (Fsp3) is 0.400. The molecule has 0 fully saturated rings. The minimum Gasteiger partial charge on any atom is -0.494 e. The van der Waals surface area contributed by atoms with Crippen LogP contribution in [0.4, 0.5) is 13.2 Å². The van der Waals surface area contributed by atoms with Crippen molar-refractivity contribution >= 4 is 12.4 Å². The molecule has 0 aliphatic heterocycles. The number of alkyl halides is 3. The maximum absolute atomic E-state index is 12.3. The van der Waals surface area contributed by atoms with Gasteiger partial charge in [0.2, 0.25) is 0 Å². The van der Waals surface area contributed by atoms with Crippen molar-refractivity contribution in [1.29, 1.82) is 0 Å². The monoisotopic (exact) mass is 255 g/mol. The van der Waals surface area contributed by atoms with Gasteiger partial charge in [-0.3, -0.25) is 0 Å². The van der Waals surface area contributed by atoms with Gasteiger partial charge in [-0.2, -0.15) is 13.2 Å². The average Bonchev–Trinajstić information content (AvgIpc) is 2.16. The van der Waals surface area contributed by atoms with Crippen molar-refractivity contribution in [2.75, 3.05) is 6.61 Å². The van der Waals surface area contributed by atoms with Crippen LogP contribution in [0, 0.1) is 0 Å². The van der Waals surface area contributed by atoms with E-state index in [9.17, 15) is 13.2 Å². The summed E-state index contributed by atoms with van der Waals surface area (Å²) >= 11 is 0. The van der Waals surface area contributed by atoms with E-state index < -0.39 is 12.2 Å². The normalized spacial score (nSPS) is 12.8. The second kappa shape index (κ2) is 5.96. The molecule has 0 aromatic heterocycles. The zero-order chi connectivity index (χ0) is 11.5. The van der Waals surface area contributed by atoms with Crippen molar-refractivity contribution < 1.29 is 17.9 Å². The molecule has 16 heavy (non-hydrogen) atoms. The number of hydrogen-bond donors (Lipinski definition) is 1. The lowest BCUT2D eigenvalue weighted by Crippen LogP contribution is -2.28. The average molecular weight is 256 g/mol. The number of benzene rings is 1. The van der Waals surface area contributed by atoms with Crippen LogP contribution in [0.25, 0.3) is 0 Å². The summed E-state index contributed by atoms with van der Waals surface area (Å²) in [5.41, 5.74) is 5.06. The van der Waals surface area contributed by atoms with E-state index in [1.54, 1.807) is 13.0 Å². The molecule has 2 nitrogen and oxygen atoms in total. The molecule has 1 aromatic carbocycles. The molecule has 0 heterocycles. The molecule has 92 valence electrons. The van der Waals surface area contributed by atoms with E-state index in [0.717, 1.165) is 0 Å². The molecular weight excluding hydrogens is 243 g/mol. The van der Waals surface area contributed by atoms with Crippen LogP contribution in [-0.2, 0) is 0 Å². The Hall–Kier alpha value is -0.940. The highest BCUT2D eigenvalue weighted by molar-refractivity contribution is 5.85. The third-order valence-corrected chi connectivity index (χ3v) is 1.88. The van der Waals surface area contributed by atoms with E-state index in [1.807, 2.05) is 0 Å². The van der Waals surface area contributed by atoms with Crippen LogP contribution in [0.1, 0.15) is 18.5 Å². The molecule has 0 aliphatic rings. The Balaban J connectivity index is 0.00000225. The highest BCUT2D eigenvalue weighted by Crippen LogP contribution is 2.31. The van der Waals surface area contributed by atoms with Crippen molar-refractivity contribution in [2.45, 2.75) is 19.1 Å².